The van der Waals surface area contributed by atoms with Crippen LogP contribution in [0.25, 0.3) is 0 Å². The lowest BCUT2D eigenvalue weighted by atomic mass is 9.92. The molecule has 0 radical (unpaired) electrons. The van der Waals surface area contributed by atoms with Gasteiger partial charge >= 0.3 is 6.01 Å². The van der Waals surface area contributed by atoms with E-state index in [0.717, 1.165) is 31.7 Å². The molecule has 0 saturated carbocycles. The van der Waals surface area contributed by atoms with Crippen LogP contribution in [0.4, 0.5) is 14.8 Å². The average molecular weight is 611 g/mol. The van der Waals surface area contributed by atoms with Gasteiger partial charge in [0.2, 0.25) is 10.0 Å². The predicted molar refractivity (Wildman–Crippen MR) is 147 cm³/mol. The number of hydrogen-bond donors (Lipinski definition) is 4. The minimum atomic E-state index is -3.76. The lowest BCUT2D eigenvalue weighted by molar-refractivity contribution is -0.0269. The number of methoxy groups -OCH3 is 1. The van der Waals surface area contributed by atoms with Crippen LogP contribution in [0.15, 0.2) is 59.2 Å². The van der Waals surface area contributed by atoms with Crippen LogP contribution < -0.4 is 14.9 Å². The second-order valence-corrected chi connectivity index (χ2v) is 11.5. The molecular formula is C27H32F2N4O8S. The van der Waals surface area contributed by atoms with E-state index < -0.39 is 63.8 Å². The van der Waals surface area contributed by atoms with Crippen LogP contribution in [-0.4, -0.2) is 86.7 Å². The summed E-state index contributed by atoms with van der Waals surface area (Å²) in [6.07, 6.45) is -1.98. The van der Waals surface area contributed by atoms with Crippen LogP contribution in [-0.2, 0) is 21.2 Å². The van der Waals surface area contributed by atoms with Crippen molar-refractivity contribution in [3.05, 3.63) is 83.2 Å². The van der Waals surface area contributed by atoms with Gasteiger partial charge in [-0.1, -0.05) is 18.2 Å². The molecule has 0 bridgehead atoms. The Morgan fingerprint density at radius 1 is 1.02 bits per heavy atom. The number of carbonyl (C=O) groups excluding carboxylic acids is 2. The first-order valence-corrected chi connectivity index (χ1v) is 14.5. The highest BCUT2D eigenvalue weighted by molar-refractivity contribution is 7.92. The van der Waals surface area contributed by atoms with Crippen LogP contribution in [0.2, 0.25) is 0 Å². The van der Waals surface area contributed by atoms with Crippen LogP contribution in [0.5, 0.6) is 0 Å². The number of aliphatic hydroxyl groups is 2. The van der Waals surface area contributed by atoms with Crippen molar-refractivity contribution in [3.63, 3.8) is 0 Å². The predicted octanol–water partition coefficient (Wildman–Crippen LogP) is 1.25. The summed E-state index contributed by atoms with van der Waals surface area (Å²) in [6.45, 7) is 0.0885. The van der Waals surface area contributed by atoms with Crippen molar-refractivity contribution in [1.82, 2.24) is 15.6 Å². The molecule has 0 aliphatic carbocycles. The number of oxazole rings is 1. The fourth-order valence-corrected chi connectivity index (χ4v) is 4.40. The van der Waals surface area contributed by atoms with Gasteiger partial charge in [0.1, 0.15) is 30.1 Å². The number of anilines is 1. The molecule has 15 heteroatoms. The van der Waals surface area contributed by atoms with Crippen molar-refractivity contribution in [3.8, 4) is 0 Å². The fraction of sp³-hybridized carbons (Fsp3) is 0.370. The summed E-state index contributed by atoms with van der Waals surface area (Å²) in [5.41, 5.74) is -0.0306. The van der Waals surface area contributed by atoms with Crippen molar-refractivity contribution in [2.45, 2.75) is 37.1 Å². The van der Waals surface area contributed by atoms with Gasteiger partial charge in [-0.3, -0.25) is 9.59 Å². The highest BCUT2D eigenvalue weighted by Crippen LogP contribution is 2.18. The number of nitrogens with zero attached hydrogens (tertiary/aromatic N) is 2. The quantitative estimate of drug-likeness (QED) is 0.210. The number of benzene rings is 2. The number of sulfonamides is 1. The van der Waals surface area contributed by atoms with Gasteiger partial charge in [0, 0.05) is 32.4 Å². The molecule has 4 atom stereocenters. The Balaban J connectivity index is 1.89. The number of ether oxygens (including phenoxy) is 1. The number of nitrogens with one attached hydrogen (secondary N) is 2. The van der Waals surface area contributed by atoms with E-state index in [9.17, 15) is 37.0 Å². The summed E-state index contributed by atoms with van der Waals surface area (Å²) >= 11 is 0. The number of rotatable bonds is 14. The zero-order valence-corrected chi connectivity index (χ0v) is 23.8. The molecule has 4 N–H and O–H groups in total. The molecule has 2 aromatic carbocycles. The Hall–Kier alpha value is -3.92. The first-order valence-electron chi connectivity index (χ1n) is 12.7. The maximum atomic E-state index is 13.9. The highest BCUT2D eigenvalue weighted by atomic mass is 32.2. The van der Waals surface area contributed by atoms with Gasteiger partial charge in [-0.15, -0.1) is 0 Å². The van der Waals surface area contributed by atoms with E-state index in [0.29, 0.717) is 15.9 Å². The van der Waals surface area contributed by atoms with Gasteiger partial charge in [-0.05, 0) is 42.7 Å². The third kappa shape index (κ3) is 8.79. The lowest BCUT2D eigenvalue weighted by Gasteiger charge is -2.33. The molecular weight excluding hydrogens is 578 g/mol. The van der Waals surface area contributed by atoms with Gasteiger partial charge in [0.05, 0.1) is 18.3 Å². The van der Waals surface area contributed by atoms with Crippen LogP contribution in [0, 0.1) is 11.6 Å². The molecule has 0 aliphatic rings. The van der Waals surface area contributed by atoms with E-state index >= 15 is 0 Å². The zero-order valence-electron chi connectivity index (χ0n) is 23.0. The molecule has 1 aromatic heterocycles. The smallest absolute Gasteiger partial charge is 0.311 e. The summed E-state index contributed by atoms with van der Waals surface area (Å²) in [4.78, 5) is 29.7. The first kappa shape index (κ1) is 32.6. The molecule has 1 heterocycles. The van der Waals surface area contributed by atoms with Crippen molar-refractivity contribution in [1.29, 1.82) is 0 Å². The molecule has 3 aromatic rings. The minimum absolute atomic E-state index is 0.0449. The maximum absolute atomic E-state index is 13.9. The second kappa shape index (κ2) is 14.3. The third-order valence-electron chi connectivity index (χ3n) is 6.35. The van der Waals surface area contributed by atoms with E-state index in [-0.39, 0.29) is 30.7 Å². The van der Waals surface area contributed by atoms with E-state index in [1.807, 2.05) is 0 Å². The molecule has 228 valence electrons. The van der Waals surface area contributed by atoms with E-state index in [1.54, 1.807) is 30.3 Å². The Bertz CT molecular complexity index is 1450. The summed E-state index contributed by atoms with van der Waals surface area (Å²) in [5.74, 6) is -3.28. The SMILES string of the molecule is COCCC(NC(=O)c1ccccc1)C(O)C(O)C(Cc1cc(F)cc(F)c1)NC(=O)c1coc(N(C)S(C)(=O)=O)n1. The molecule has 0 aliphatic heterocycles. The Labute approximate surface area is 241 Å². The Kier molecular flexibility index (Phi) is 11.1. The summed E-state index contributed by atoms with van der Waals surface area (Å²) in [6, 6.07) is 7.92. The van der Waals surface area contributed by atoms with Crippen molar-refractivity contribution >= 4 is 27.9 Å². The summed E-state index contributed by atoms with van der Waals surface area (Å²) in [7, 11) is -1.18. The molecule has 42 heavy (non-hydrogen) atoms. The van der Waals surface area contributed by atoms with E-state index in [4.69, 9.17) is 9.15 Å². The number of carbonyl (C=O) groups is 2. The van der Waals surface area contributed by atoms with E-state index in [1.165, 1.54) is 7.11 Å². The third-order valence-corrected chi connectivity index (χ3v) is 7.50. The Morgan fingerprint density at radius 3 is 2.21 bits per heavy atom. The molecule has 4 unspecified atom stereocenters. The Morgan fingerprint density at radius 2 is 1.62 bits per heavy atom. The fourth-order valence-electron chi connectivity index (χ4n) is 4.03. The zero-order chi connectivity index (χ0) is 31.0. The first-order chi connectivity index (χ1) is 19.8. The monoisotopic (exact) mass is 610 g/mol. The van der Waals surface area contributed by atoms with Gasteiger partial charge < -0.3 is 30.0 Å². The minimum Gasteiger partial charge on any atom is -0.430 e. The van der Waals surface area contributed by atoms with Crippen molar-refractivity contribution in [2.75, 3.05) is 31.3 Å². The maximum Gasteiger partial charge on any atom is 0.311 e. The molecule has 0 fully saturated rings. The van der Waals surface area contributed by atoms with Gasteiger partial charge in [0.15, 0.2) is 5.69 Å². The largest absolute Gasteiger partial charge is 0.430 e. The molecule has 0 saturated heterocycles. The summed E-state index contributed by atoms with van der Waals surface area (Å²) < 4.78 is 62.3. The normalized spacial score (nSPS) is 14.5. The number of hydrogen-bond acceptors (Lipinski definition) is 9. The van der Waals surface area contributed by atoms with Crippen LogP contribution in [0.1, 0.15) is 32.8 Å². The molecule has 0 spiro atoms. The molecule has 3 rings (SSSR count). The standard InChI is InChI=1S/C27H32F2N4O8S/c1-33(42(3,38)39)27-32-22(15-41-27)26(37)31-21(13-16-11-18(28)14-19(29)12-16)24(35)23(34)20(9-10-40-2)30-25(36)17-7-5-4-6-8-17/h4-8,11-12,14-15,20-21,23-24,34-35H,9-10,13H2,1-3H3,(H,30,36)(H,31,37). The van der Waals surface area contributed by atoms with Gasteiger partial charge in [0.25, 0.3) is 11.8 Å². The van der Waals surface area contributed by atoms with Gasteiger partial charge in [-0.25, -0.2) is 21.5 Å². The topological polar surface area (TPSA) is 171 Å². The lowest BCUT2D eigenvalue weighted by Crippen LogP contribution is -2.57. The molecule has 2 amide bonds. The highest BCUT2D eigenvalue weighted by Gasteiger charge is 2.35. The number of aliphatic hydroxyl groups excluding tert-OH is 2. The average Bonchev–Trinajstić information content (AvgIpc) is 3.43. The number of amides is 2. The number of aromatic nitrogens is 1. The van der Waals surface area contributed by atoms with E-state index in [2.05, 4.69) is 15.6 Å². The van der Waals surface area contributed by atoms with Crippen molar-refractivity contribution in [2.24, 2.45) is 0 Å². The molecule has 12 nitrogen and oxygen atoms in total. The van der Waals surface area contributed by atoms with Gasteiger partial charge in [-0.2, -0.15) is 4.98 Å². The number of halogens is 2. The second-order valence-electron chi connectivity index (χ2n) is 9.52. The van der Waals surface area contributed by atoms with Crippen LogP contribution >= 0.6 is 0 Å². The van der Waals surface area contributed by atoms with Crippen molar-refractivity contribution < 1.29 is 46.2 Å². The van der Waals surface area contributed by atoms with Crippen LogP contribution in [0.3, 0.4) is 0 Å². The summed E-state index contributed by atoms with van der Waals surface area (Å²) in [5, 5.41) is 27.5.